The van der Waals surface area contributed by atoms with E-state index < -0.39 is 0 Å². The van der Waals surface area contributed by atoms with E-state index in [1.54, 1.807) is 6.20 Å². The van der Waals surface area contributed by atoms with Gasteiger partial charge in [0.05, 0.1) is 5.56 Å². The number of pyridine rings is 1. The Morgan fingerprint density at radius 3 is 2.52 bits per heavy atom. The third-order valence-electron chi connectivity index (χ3n) is 4.59. The molecule has 4 aromatic rings. The summed E-state index contributed by atoms with van der Waals surface area (Å²) in [6.45, 7) is 2.53. The molecule has 0 bridgehead atoms. The predicted octanol–water partition coefficient (Wildman–Crippen LogP) is 4.94. The highest BCUT2D eigenvalue weighted by Gasteiger charge is 2.19. The fourth-order valence-corrected chi connectivity index (χ4v) is 3.19. The lowest BCUT2D eigenvalue weighted by Crippen LogP contribution is -2.04. The Balaban J connectivity index is 1.56. The van der Waals surface area contributed by atoms with Crippen LogP contribution >= 0.6 is 0 Å². The largest absolute Gasteiger partial charge is 0.489 e. The minimum Gasteiger partial charge on any atom is -0.489 e. The van der Waals surface area contributed by atoms with Gasteiger partial charge in [0.1, 0.15) is 18.0 Å². The third-order valence-corrected chi connectivity index (χ3v) is 4.59. The van der Waals surface area contributed by atoms with Gasteiger partial charge in [-0.2, -0.15) is 0 Å². The van der Waals surface area contributed by atoms with E-state index in [9.17, 15) is 4.79 Å². The Labute approximate surface area is 157 Å². The Morgan fingerprint density at radius 2 is 1.78 bits per heavy atom. The highest BCUT2D eigenvalue weighted by Crippen LogP contribution is 2.25. The number of aromatic nitrogens is 2. The lowest BCUT2D eigenvalue weighted by molar-refractivity contribution is 0.103. The number of H-pyrrole nitrogens is 1. The van der Waals surface area contributed by atoms with E-state index in [1.807, 2.05) is 73.7 Å². The van der Waals surface area contributed by atoms with Crippen molar-refractivity contribution in [2.24, 2.45) is 0 Å². The van der Waals surface area contributed by atoms with Gasteiger partial charge in [0.25, 0.3) is 0 Å². The molecule has 4 rings (SSSR count). The Hall–Kier alpha value is -3.40. The van der Waals surface area contributed by atoms with Crippen LogP contribution in [0.15, 0.2) is 72.9 Å². The molecular weight excluding hydrogens is 336 g/mol. The first-order valence-electron chi connectivity index (χ1n) is 9.03. The summed E-state index contributed by atoms with van der Waals surface area (Å²) in [6, 6.07) is 21.1. The number of fused-ring (bicyclic) bond motifs is 1. The number of carbonyl (C=O) groups excluding carboxylic acids is 1. The number of aromatic amines is 1. The third kappa shape index (κ3) is 3.47. The van der Waals surface area contributed by atoms with Crippen molar-refractivity contribution in [3.63, 3.8) is 0 Å². The molecule has 2 aromatic carbocycles. The molecule has 0 spiro atoms. The number of benzene rings is 2. The van der Waals surface area contributed by atoms with Crippen LogP contribution in [0.3, 0.4) is 0 Å². The maximum Gasteiger partial charge on any atom is 0.195 e. The lowest BCUT2D eigenvalue weighted by Gasteiger charge is -2.08. The zero-order valence-corrected chi connectivity index (χ0v) is 15.1. The fraction of sp³-hybridized carbons (Fsp3) is 0.130. The minimum absolute atomic E-state index is 0.000657. The average molecular weight is 356 g/mol. The molecule has 27 heavy (non-hydrogen) atoms. The molecule has 0 fully saturated rings. The molecular formula is C23H20N2O2. The van der Waals surface area contributed by atoms with E-state index in [-0.39, 0.29) is 5.78 Å². The van der Waals surface area contributed by atoms with Crippen LogP contribution in [0.2, 0.25) is 0 Å². The Bertz CT molecular complexity index is 1070. The molecule has 0 unspecified atom stereocenters. The molecule has 1 N–H and O–H groups in total. The van der Waals surface area contributed by atoms with Crippen molar-refractivity contribution < 1.29 is 9.53 Å². The summed E-state index contributed by atoms with van der Waals surface area (Å²) in [7, 11) is 0. The molecule has 0 saturated carbocycles. The summed E-state index contributed by atoms with van der Waals surface area (Å²) >= 11 is 0. The normalized spacial score (nSPS) is 10.9. The van der Waals surface area contributed by atoms with E-state index in [0.717, 1.165) is 34.5 Å². The maximum atomic E-state index is 13.1. The predicted molar refractivity (Wildman–Crippen MR) is 106 cm³/mol. The SMILES string of the molecule is CCc1[nH]c2ncccc2c1C(=O)c1ccc(OCc2ccccc2)cc1. The quantitative estimate of drug-likeness (QED) is 0.498. The van der Waals surface area contributed by atoms with Gasteiger partial charge in [0.2, 0.25) is 0 Å². The summed E-state index contributed by atoms with van der Waals surface area (Å²) in [5.41, 5.74) is 4.12. The molecule has 0 aliphatic rings. The zero-order valence-electron chi connectivity index (χ0n) is 15.1. The number of aryl methyl sites for hydroxylation is 1. The minimum atomic E-state index is 0.000657. The van der Waals surface area contributed by atoms with Crippen LogP contribution in [0.4, 0.5) is 0 Å². The van der Waals surface area contributed by atoms with Gasteiger partial charge < -0.3 is 9.72 Å². The average Bonchev–Trinajstić information content (AvgIpc) is 3.11. The van der Waals surface area contributed by atoms with Crippen molar-refractivity contribution in [2.45, 2.75) is 20.0 Å². The smallest absolute Gasteiger partial charge is 0.195 e. The molecule has 0 radical (unpaired) electrons. The summed E-state index contributed by atoms with van der Waals surface area (Å²) in [4.78, 5) is 20.7. The van der Waals surface area contributed by atoms with E-state index in [4.69, 9.17) is 4.74 Å². The van der Waals surface area contributed by atoms with Gasteiger partial charge in [-0.25, -0.2) is 4.98 Å². The van der Waals surface area contributed by atoms with Crippen molar-refractivity contribution in [1.82, 2.24) is 9.97 Å². The molecule has 0 aliphatic carbocycles. The first-order chi connectivity index (χ1) is 13.3. The van der Waals surface area contributed by atoms with Gasteiger partial charge >= 0.3 is 0 Å². The molecule has 0 amide bonds. The van der Waals surface area contributed by atoms with E-state index in [2.05, 4.69) is 9.97 Å². The number of nitrogens with zero attached hydrogens (tertiary/aromatic N) is 1. The number of ketones is 1. The summed E-state index contributed by atoms with van der Waals surface area (Å²) in [6.07, 6.45) is 2.47. The Kier molecular flexibility index (Phi) is 4.71. The topological polar surface area (TPSA) is 55.0 Å². The molecule has 0 aliphatic heterocycles. The van der Waals surface area contributed by atoms with Crippen LogP contribution in [0.1, 0.15) is 34.1 Å². The zero-order chi connectivity index (χ0) is 18.6. The monoisotopic (exact) mass is 356 g/mol. The molecule has 4 nitrogen and oxygen atoms in total. The summed E-state index contributed by atoms with van der Waals surface area (Å²) in [5, 5.41) is 0.865. The highest BCUT2D eigenvalue weighted by atomic mass is 16.5. The maximum absolute atomic E-state index is 13.1. The molecule has 2 heterocycles. The van der Waals surface area contributed by atoms with Gasteiger partial charge in [-0.3, -0.25) is 4.79 Å². The Morgan fingerprint density at radius 1 is 1.00 bits per heavy atom. The number of hydrogen-bond donors (Lipinski definition) is 1. The van der Waals surface area contributed by atoms with Crippen LogP contribution in [0.25, 0.3) is 11.0 Å². The van der Waals surface area contributed by atoms with Gasteiger partial charge in [0, 0.05) is 22.8 Å². The molecule has 2 aromatic heterocycles. The standard InChI is InChI=1S/C23H20N2O2/c1-2-20-21(19-9-6-14-24-23(19)25-20)22(26)17-10-12-18(13-11-17)27-15-16-7-4-3-5-8-16/h3-14H,2,15H2,1H3,(H,24,25). The molecule has 134 valence electrons. The van der Waals surface area contributed by atoms with E-state index >= 15 is 0 Å². The first kappa shape index (κ1) is 17.0. The van der Waals surface area contributed by atoms with Crippen molar-refractivity contribution in [3.05, 3.63) is 95.3 Å². The van der Waals surface area contributed by atoms with Crippen LogP contribution in [0, 0.1) is 0 Å². The van der Waals surface area contributed by atoms with Crippen LogP contribution in [-0.4, -0.2) is 15.8 Å². The van der Waals surface area contributed by atoms with Crippen molar-refractivity contribution in [3.8, 4) is 5.75 Å². The van der Waals surface area contributed by atoms with Crippen molar-refractivity contribution in [1.29, 1.82) is 0 Å². The number of ether oxygens (including phenoxy) is 1. The van der Waals surface area contributed by atoms with Crippen LogP contribution in [-0.2, 0) is 13.0 Å². The number of hydrogen-bond acceptors (Lipinski definition) is 3. The van der Waals surface area contributed by atoms with Gasteiger partial charge in [0.15, 0.2) is 5.78 Å². The molecule has 0 saturated heterocycles. The first-order valence-corrected chi connectivity index (χ1v) is 9.03. The van der Waals surface area contributed by atoms with Gasteiger partial charge in [-0.15, -0.1) is 0 Å². The van der Waals surface area contributed by atoms with E-state index in [1.165, 1.54) is 0 Å². The number of rotatable bonds is 6. The van der Waals surface area contributed by atoms with E-state index in [0.29, 0.717) is 17.7 Å². The number of nitrogens with one attached hydrogen (secondary N) is 1. The number of carbonyl (C=O) groups is 1. The van der Waals surface area contributed by atoms with Gasteiger partial charge in [-0.05, 0) is 48.4 Å². The fourth-order valence-electron chi connectivity index (χ4n) is 3.19. The van der Waals surface area contributed by atoms with Crippen molar-refractivity contribution in [2.75, 3.05) is 0 Å². The second-order valence-electron chi connectivity index (χ2n) is 6.36. The molecule has 4 heteroatoms. The van der Waals surface area contributed by atoms with Crippen LogP contribution in [0.5, 0.6) is 5.75 Å². The summed E-state index contributed by atoms with van der Waals surface area (Å²) < 4.78 is 5.81. The van der Waals surface area contributed by atoms with Crippen molar-refractivity contribution >= 4 is 16.8 Å². The second kappa shape index (κ2) is 7.46. The second-order valence-corrected chi connectivity index (χ2v) is 6.36. The van der Waals surface area contributed by atoms with Gasteiger partial charge in [-0.1, -0.05) is 37.3 Å². The molecule has 0 atom stereocenters. The summed E-state index contributed by atoms with van der Waals surface area (Å²) in [5.74, 6) is 0.743. The van der Waals surface area contributed by atoms with Crippen LogP contribution < -0.4 is 4.74 Å². The highest BCUT2D eigenvalue weighted by molar-refractivity contribution is 6.17. The lowest BCUT2D eigenvalue weighted by atomic mass is 10.00.